The number of fused-ring (bicyclic) bond motifs is 3. The normalized spacial score (nSPS) is 17.9. The van der Waals surface area contributed by atoms with Gasteiger partial charge in [0.1, 0.15) is 11.4 Å². The third-order valence-electron chi connectivity index (χ3n) is 5.94. The van der Waals surface area contributed by atoms with Crippen molar-refractivity contribution in [3.05, 3.63) is 95.6 Å². The molecule has 2 aliphatic carbocycles. The lowest BCUT2D eigenvalue weighted by Crippen LogP contribution is -2.09. The monoisotopic (exact) mass is 437 g/mol. The maximum atomic E-state index is 6.51. The molecule has 32 heavy (non-hydrogen) atoms. The van der Waals surface area contributed by atoms with Crippen molar-refractivity contribution in [1.29, 1.82) is 0 Å². The first-order valence-corrected chi connectivity index (χ1v) is 11.2. The quantitative estimate of drug-likeness (QED) is 0.334. The summed E-state index contributed by atoms with van der Waals surface area (Å²) in [5.74, 6) is 2.25. The van der Waals surface area contributed by atoms with E-state index in [0.717, 1.165) is 52.6 Å². The summed E-state index contributed by atoms with van der Waals surface area (Å²) in [7, 11) is 0. The van der Waals surface area contributed by atoms with Gasteiger partial charge in [-0.25, -0.2) is 15.0 Å². The number of allylic oxidation sites excluding steroid dienone is 8. The molecule has 2 heterocycles. The zero-order valence-corrected chi connectivity index (χ0v) is 18.1. The number of furan rings is 1. The van der Waals surface area contributed by atoms with Gasteiger partial charge in [-0.2, -0.15) is 0 Å². The molecule has 1 atom stereocenters. The summed E-state index contributed by atoms with van der Waals surface area (Å²) >= 11 is 6.51. The molecule has 2 aromatic heterocycles. The molecule has 0 amide bonds. The van der Waals surface area contributed by atoms with Crippen molar-refractivity contribution in [2.24, 2.45) is 0 Å². The van der Waals surface area contributed by atoms with Crippen LogP contribution in [0.4, 0.5) is 0 Å². The van der Waals surface area contributed by atoms with Crippen LogP contribution < -0.4 is 0 Å². The Bertz CT molecular complexity index is 1480. The Morgan fingerprint density at radius 3 is 2.66 bits per heavy atom. The minimum Gasteiger partial charge on any atom is -0.454 e. The molecular weight excluding hydrogens is 418 g/mol. The fraction of sp³-hybridized carbons (Fsp3) is 0.148. The second kappa shape index (κ2) is 7.88. The zero-order chi connectivity index (χ0) is 21.5. The van der Waals surface area contributed by atoms with Crippen LogP contribution in [-0.4, -0.2) is 15.0 Å². The molecule has 2 aromatic carbocycles. The van der Waals surface area contributed by atoms with Crippen LogP contribution in [0.3, 0.4) is 0 Å². The van der Waals surface area contributed by atoms with E-state index >= 15 is 0 Å². The van der Waals surface area contributed by atoms with Crippen LogP contribution in [0.15, 0.2) is 83.3 Å². The van der Waals surface area contributed by atoms with Crippen LogP contribution in [0, 0.1) is 0 Å². The highest BCUT2D eigenvalue weighted by molar-refractivity contribution is 6.36. The largest absolute Gasteiger partial charge is 0.454 e. The van der Waals surface area contributed by atoms with Crippen molar-refractivity contribution >= 4 is 39.1 Å². The summed E-state index contributed by atoms with van der Waals surface area (Å²) in [6.07, 6.45) is 17.8. The molecule has 0 bridgehead atoms. The second-order valence-electron chi connectivity index (χ2n) is 8.03. The molecule has 5 heteroatoms. The Morgan fingerprint density at radius 2 is 1.81 bits per heavy atom. The van der Waals surface area contributed by atoms with Crippen LogP contribution >= 0.6 is 11.6 Å². The van der Waals surface area contributed by atoms with Crippen LogP contribution in [0.1, 0.15) is 36.8 Å². The molecule has 4 nitrogen and oxygen atoms in total. The van der Waals surface area contributed by atoms with Crippen molar-refractivity contribution in [3.63, 3.8) is 0 Å². The number of benzene rings is 2. The van der Waals surface area contributed by atoms with E-state index in [-0.39, 0.29) is 5.92 Å². The first-order valence-electron chi connectivity index (χ1n) is 10.8. The van der Waals surface area contributed by atoms with Gasteiger partial charge in [0.15, 0.2) is 17.2 Å². The van der Waals surface area contributed by atoms with E-state index in [1.165, 1.54) is 0 Å². The van der Waals surface area contributed by atoms with Crippen LogP contribution in [-0.2, 0) is 0 Å². The Balaban J connectivity index is 1.61. The van der Waals surface area contributed by atoms with Gasteiger partial charge in [-0.3, -0.25) is 0 Å². The zero-order valence-electron chi connectivity index (χ0n) is 17.3. The fourth-order valence-electron chi connectivity index (χ4n) is 4.34. The average molecular weight is 438 g/mol. The maximum absolute atomic E-state index is 6.51. The van der Waals surface area contributed by atoms with Crippen LogP contribution in [0.2, 0.25) is 5.02 Å². The topological polar surface area (TPSA) is 51.8 Å². The molecule has 0 saturated carbocycles. The maximum Gasteiger partial charge on any atom is 0.164 e. The van der Waals surface area contributed by atoms with E-state index in [4.69, 9.17) is 31.0 Å². The van der Waals surface area contributed by atoms with E-state index in [0.29, 0.717) is 22.3 Å². The van der Waals surface area contributed by atoms with Gasteiger partial charge in [-0.05, 0) is 37.5 Å². The summed E-state index contributed by atoms with van der Waals surface area (Å²) in [5, 5.41) is 2.51. The summed E-state index contributed by atoms with van der Waals surface area (Å²) in [4.78, 5) is 14.7. The van der Waals surface area contributed by atoms with Crippen molar-refractivity contribution in [1.82, 2.24) is 15.0 Å². The molecule has 0 aliphatic heterocycles. The average Bonchev–Trinajstić information content (AvgIpc) is 3.26. The van der Waals surface area contributed by atoms with E-state index in [1.807, 2.05) is 36.4 Å². The van der Waals surface area contributed by atoms with Crippen LogP contribution in [0.25, 0.3) is 38.9 Å². The summed E-state index contributed by atoms with van der Waals surface area (Å²) in [5.41, 5.74) is 3.39. The van der Waals surface area contributed by atoms with Gasteiger partial charge in [0.2, 0.25) is 0 Å². The number of rotatable bonds is 3. The summed E-state index contributed by atoms with van der Waals surface area (Å²) in [6.45, 7) is 0. The highest BCUT2D eigenvalue weighted by Gasteiger charge is 2.21. The minimum absolute atomic E-state index is 0.123. The van der Waals surface area contributed by atoms with Gasteiger partial charge in [-0.1, -0.05) is 72.3 Å². The van der Waals surface area contributed by atoms with E-state index in [1.54, 1.807) is 0 Å². The SMILES string of the molecule is Clc1ccc(-c2nc(C3=CCCC=C3)nc(C3C=CC=CC3)n2)c2c1oc1ccccc12. The Labute approximate surface area is 190 Å². The number of hydrogen-bond donors (Lipinski definition) is 0. The lowest BCUT2D eigenvalue weighted by molar-refractivity contribution is 0.669. The lowest BCUT2D eigenvalue weighted by atomic mass is 9.99. The Morgan fingerprint density at radius 1 is 0.906 bits per heavy atom. The molecular formula is C27H20ClN3O. The number of hydrogen-bond acceptors (Lipinski definition) is 4. The predicted octanol–water partition coefficient (Wildman–Crippen LogP) is 7.42. The molecule has 0 fully saturated rings. The molecule has 2 aliphatic rings. The molecule has 0 radical (unpaired) electrons. The van der Waals surface area contributed by atoms with Crippen molar-refractivity contribution in [2.45, 2.75) is 25.2 Å². The summed E-state index contributed by atoms with van der Waals surface area (Å²) < 4.78 is 6.09. The molecule has 6 rings (SSSR count). The third kappa shape index (κ3) is 3.28. The summed E-state index contributed by atoms with van der Waals surface area (Å²) in [6, 6.07) is 11.8. The number of aromatic nitrogens is 3. The van der Waals surface area contributed by atoms with Gasteiger partial charge in [0.25, 0.3) is 0 Å². The van der Waals surface area contributed by atoms with Crippen molar-refractivity contribution < 1.29 is 4.42 Å². The molecule has 0 spiro atoms. The highest BCUT2D eigenvalue weighted by Crippen LogP contribution is 2.39. The first kappa shape index (κ1) is 19.2. The molecule has 156 valence electrons. The Kier molecular flexibility index (Phi) is 4.73. The van der Waals surface area contributed by atoms with Crippen molar-refractivity contribution in [2.75, 3.05) is 0 Å². The van der Waals surface area contributed by atoms with E-state index < -0.39 is 0 Å². The number of halogens is 1. The fourth-order valence-corrected chi connectivity index (χ4v) is 4.54. The van der Waals surface area contributed by atoms with Crippen LogP contribution in [0.5, 0.6) is 0 Å². The molecule has 0 saturated heterocycles. The van der Waals surface area contributed by atoms with Gasteiger partial charge < -0.3 is 4.42 Å². The smallest absolute Gasteiger partial charge is 0.164 e. The number of nitrogens with zero attached hydrogens (tertiary/aromatic N) is 3. The number of para-hydroxylation sites is 1. The van der Waals surface area contributed by atoms with E-state index in [9.17, 15) is 0 Å². The Hall–Kier alpha value is -3.50. The predicted molar refractivity (Wildman–Crippen MR) is 130 cm³/mol. The van der Waals surface area contributed by atoms with Gasteiger partial charge >= 0.3 is 0 Å². The standard InChI is InChI=1S/C27H20ClN3O/c28-21-16-15-20(23-19-13-7-8-14-22(19)32-24(21)23)27-30-25(17-9-3-1-4-10-17)29-26(31-27)18-11-5-2-6-12-18/h1,3-5,7-9,11-17H,2,6,10H2. The molecule has 0 N–H and O–H groups in total. The van der Waals surface area contributed by atoms with Gasteiger partial charge in [0, 0.05) is 27.8 Å². The first-order chi connectivity index (χ1) is 15.8. The molecule has 4 aromatic rings. The van der Waals surface area contributed by atoms with Gasteiger partial charge in [-0.15, -0.1) is 0 Å². The minimum atomic E-state index is 0.123. The third-order valence-corrected chi connectivity index (χ3v) is 6.23. The van der Waals surface area contributed by atoms with Crippen molar-refractivity contribution in [3.8, 4) is 11.4 Å². The lowest BCUT2D eigenvalue weighted by Gasteiger charge is -2.15. The molecule has 1 unspecified atom stereocenters. The highest BCUT2D eigenvalue weighted by atomic mass is 35.5. The second-order valence-corrected chi connectivity index (χ2v) is 8.44. The van der Waals surface area contributed by atoms with E-state index in [2.05, 4.69) is 42.5 Å². The van der Waals surface area contributed by atoms with Gasteiger partial charge in [0.05, 0.1) is 5.02 Å².